The fraction of sp³-hybridized carbons (Fsp3) is 0.769. The Hall–Kier alpha value is -0.860. The number of nitrogens with zero attached hydrogens (tertiary/aromatic N) is 4. The molecule has 0 spiro atoms. The molecule has 2 saturated carbocycles. The summed E-state index contributed by atoms with van der Waals surface area (Å²) in [4.78, 5) is 4.62. The molecule has 0 unspecified atom stereocenters. The summed E-state index contributed by atoms with van der Waals surface area (Å²) in [5.41, 5.74) is 0. The molecule has 0 aromatic carbocycles. The van der Waals surface area contributed by atoms with Crippen molar-refractivity contribution in [3.8, 4) is 0 Å². The van der Waals surface area contributed by atoms with E-state index in [1.165, 1.54) is 25.7 Å². The molecular formula is C13H23IN6. The van der Waals surface area contributed by atoms with Gasteiger partial charge < -0.3 is 15.2 Å². The van der Waals surface area contributed by atoms with Crippen molar-refractivity contribution >= 4 is 29.9 Å². The van der Waals surface area contributed by atoms with Crippen LogP contribution in [0.1, 0.15) is 37.3 Å². The molecule has 20 heavy (non-hydrogen) atoms. The van der Waals surface area contributed by atoms with Crippen LogP contribution in [-0.2, 0) is 13.6 Å². The van der Waals surface area contributed by atoms with E-state index in [1.807, 2.05) is 18.5 Å². The van der Waals surface area contributed by atoms with Crippen LogP contribution >= 0.6 is 24.0 Å². The normalized spacial score (nSPS) is 18.6. The molecule has 2 aliphatic rings. The largest absolute Gasteiger partial charge is 0.356 e. The summed E-state index contributed by atoms with van der Waals surface area (Å²) < 4.78 is 1.99. The van der Waals surface area contributed by atoms with E-state index < -0.39 is 0 Å². The van der Waals surface area contributed by atoms with E-state index in [2.05, 4.69) is 25.8 Å². The van der Waals surface area contributed by atoms with Gasteiger partial charge in [-0.1, -0.05) is 0 Å². The maximum atomic E-state index is 4.62. The average molecular weight is 390 g/mol. The molecule has 0 atom stereocenters. The lowest BCUT2D eigenvalue weighted by Crippen LogP contribution is -2.39. The Labute approximate surface area is 136 Å². The monoisotopic (exact) mass is 390 g/mol. The van der Waals surface area contributed by atoms with E-state index in [0.29, 0.717) is 12.6 Å². The number of aromatic nitrogens is 3. The van der Waals surface area contributed by atoms with Crippen LogP contribution in [0.2, 0.25) is 0 Å². The van der Waals surface area contributed by atoms with E-state index in [1.54, 1.807) is 0 Å². The van der Waals surface area contributed by atoms with Crippen molar-refractivity contribution in [3.63, 3.8) is 0 Å². The summed E-state index contributed by atoms with van der Waals surface area (Å²) in [6, 6.07) is 0.617. The lowest BCUT2D eigenvalue weighted by Gasteiger charge is -2.11. The first-order valence-electron chi connectivity index (χ1n) is 7.12. The molecule has 1 aromatic heterocycles. The highest BCUT2D eigenvalue weighted by Crippen LogP contribution is 2.27. The fourth-order valence-corrected chi connectivity index (χ4v) is 1.88. The SMILES string of the molecule is Cc1nnc(CN=C(NCC2CC2)NC2CC2)n1C.I. The first-order valence-corrected chi connectivity index (χ1v) is 7.12. The fourth-order valence-electron chi connectivity index (χ4n) is 1.88. The van der Waals surface area contributed by atoms with Gasteiger partial charge >= 0.3 is 0 Å². The second-order valence-corrected chi connectivity index (χ2v) is 5.63. The highest BCUT2D eigenvalue weighted by Gasteiger charge is 2.24. The molecule has 2 N–H and O–H groups in total. The number of halogens is 1. The zero-order valence-corrected chi connectivity index (χ0v) is 14.4. The molecule has 3 rings (SSSR count). The van der Waals surface area contributed by atoms with Gasteiger partial charge in [0, 0.05) is 19.6 Å². The van der Waals surface area contributed by atoms with Gasteiger partial charge in [0.2, 0.25) is 0 Å². The number of aryl methyl sites for hydroxylation is 1. The van der Waals surface area contributed by atoms with Crippen LogP contribution < -0.4 is 10.6 Å². The quantitative estimate of drug-likeness (QED) is 0.453. The Morgan fingerprint density at radius 2 is 2.05 bits per heavy atom. The van der Waals surface area contributed by atoms with Gasteiger partial charge in [-0.25, -0.2) is 4.99 Å². The third-order valence-corrected chi connectivity index (χ3v) is 3.73. The zero-order valence-electron chi connectivity index (χ0n) is 12.1. The molecule has 0 radical (unpaired) electrons. The molecular weight excluding hydrogens is 367 g/mol. The van der Waals surface area contributed by atoms with Crippen LogP contribution in [0.25, 0.3) is 0 Å². The van der Waals surface area contributed by atoms with Crippen LogP contribution in [0.4, 0.5) is 0 Å². The van der Waals surface area contributed by atoms with Gasteiger partial charge in [0.1, 0.15) is 12.4 Å². The minimum absolute atomic E-state index is 0. The third kappa shape index (κ3) is 4.32. The molecule has 7 heteroatoms. The maximum Gasteiger partial charge on any atom is 0.191 e. The van der Waals surface area contributed by atoms with Gasteiger partial charge in [-0.3, -0.25) is 0 Å². The minimum atomic E-state index is 0. The summed E-state index contributed by atoms with van der Waals surface area (Å²) >= 11 is 0. The van der Waals surface area contributed by atoms with Crippen LogP contribution in [0.5, 0.6) is 0 Å². The summed E-state index contributed by atoms with van der Waals surface area (Å²) in [5, 5.41) is 15.1. The van der Waals surface area contributed by atoms with Crippen molar-refractivity contribution in [3.05, 3.63) is 11.6 Å². The van der Waals surface area contributed by atoms with Crippen molar-refractivity contribution in [1.29, 1.82) is 0 Å². The Morgan fingerprint density at radius 1 is 1.30 bits per heavy atom. The molecule has 0 aliphatic heterocycles. The Bertz CT molecular complexity index is 475. The first kappa shape index (κ1) is 15.5. The van der Waals surface area contributed by atoms with Gasteiger partial charge in [-0.2, -0.15) is 0 Å². The minimum Gasteiger partial charge on any atom is -0.356 e. The lowest BCUT2D eigenvalue weighted by atomic mass is 10.4. The highest BCUT2D eigenvalue weighted by atomic mass is 127. The first-order chi connectivity index (χ1) is 9.22. The summed E-state index contributed by atoms with van der Waals surface area (Å²) in [7, 11) is 1.98. The smallest absolute Gasteiger partial charge is 0.191 e. The molecule has 0 saturated heterocycles. The number of hydrogen-bond acceptors (Lipinski definition) is 3. The molecule has 2 fully saturated rings. The summed E-state index contributed by atoms with van der Waals surface area (Å²) in [5.74, 6) is 3.60. The molecule has 2 aliphatic carbocycles. The van der Waals surface area contributed by atoms with Crippen molar-refractivity contribution in [2.45, 2.75) is 45.2 Å². The molecule has 1 aromatic rings. The van der Waals surface area contributed by atoms with Gasteiger partial charge in [0.25, 0.3) is 0 Å². The molecule has 0 amide bonds. The van der Waals surface area contributed by atoms with Crippen LogP contribution in [0, 0.1) is 12.8 Å². The third-order valence-electron chi connectivity index (χ3n) is 3.73. The van der Waals surface area contributed by atoms with Gasteiger partial charge in [-0.05, 0) is 38.5 Å². The van der Waals surface area contributed by atoms with E-state index in [4.69, 9.17) is 0 Å². The van der Waals surface area contributed by atoms with Crippen molar-refractivity contribution in [2.24, 2.45) is 18.0 Å². The van der Waals surface area contributed by atoms with E-state index in [9.17, 15) is 0 Å². The van der Waals surface area contributed by atoms with E-state index >= 15 is 0 Å². The number of nitrogens with one attached hydrogen (secondary N) is 2. The average Bonchev–Trinajstić information content (AvgIpc) is 3.29. The van der Waals surface area contributed by atoms with Gasteiger partial charge in [-0.15, -0.1) is 34.2 Å². The number of hydrogen-bond donors (Lipinski definition) is 2. The molecule has 112 valence electrons. The van der Waals surface area contributed by atoms with Crippen molar-refractivity contribution < 1.29 is 0 Å². The van der Waals surface area contributed by atoms with Crippen molar-refractivity contribution in [2.75, 3.05) is 6.54 Å². The number of aliphatic imine (C=N–C) groups is 1. The highest BCUT2D eigenvalue weighted by molar-refractivity contribution is 14.0. The van der Waals surface area contributed by atoms with Crippen LogP contribution in [-0.4, -0.2) is 33.3 Å². The Morgan fingerprint density at radius 3 is 2.60 bits per heavy atom. The number of guanidine groups is 1. The second kappa shape index (κ2) is 6.73. The predicted octanol–water partition coefficient (Wildman–Crippen LogP) is 1.35. The Kier molecular flexibility index (Phi) is 5.22. The van der Waals surface area contributed by atoms with Crippen LogP contribution in [0.15, 0.2) is 4.99 Å². The molecule has 1 heterocycles. The Balaban J connectivity index is 0.00000147. The van der Waals surface area contributed by atoms with Gasteiger partial charge in [0.05, 0.1) is 0 Å². The van der Waals surface area contributed by atoms with E-state index in [0.717, 1.165) is 30.1 Å². The van der Waals surface area contributed by atoms with E-state index in [-0.39, 0.29) is 24.0 Å². The number of rotatable bonds is 5. The molecule has 6 nitrogen and oxygen atoms in total. The maximum absolute atomic E-state index is 4.62. The van der Waals surface area contributed by atoms with Gasteiger partial charge in [0.15, 0.2) is 11.8 Å². The second-order valence-electron chi connectivity index (χ2n) is 5.63. The van der Waals surface area contributed by atoms with Crippen LogP contribution in [0.3, 0.4) is 0 Å². The summed E-state index contributed by atoms with van der Waals surface area (Å²) in [6.07, 6.45) is 5.22. The molecule has 0 bridgehead atoms. The standard InChI is InChI=1S/C13H22N6.HI/c1-9-17-18-12(19(9)2)8-15-13(16-11-5-6-11)14-7-10-3-4-10;/h10-11H,3-8H2,1-2H3,(H2,14,15,16);1H. The topological polar surface area (TPSA) is 67.1 Å². The van der Waals surface area contributed by atoms with Crippen molar-refractivity contribution in [1.82, 2.24) is 25.4 Å². The zero-order chi connectivity index (χ0) is 13.2. The predicted molar refractivity (Wildman–Crippen MR) is 89.2 cm³/mol. The lowest BCUT2D eigenvalue weighted by molar-refractivity contribution is 0.719. The summed E-state index contributed by atoms with van der Waals surface area (Å²) in [6.45, 7) is 3.56.